The minimum Gasteiger partial charge on any atom is -0.377 e. The molecule has 0 bridgehead atoms. The summed E-state index contributed by atoms with van der Waals surface area (Å²) in [5.41, 5.74) is 0. The minimum atomic E-state index is -2.42. The van der Waals surface area contributed by atoms with Crippen LogP contribution in [0, 0.1) is 0 Å². The fraction of sp³-hybridized carbons (Fsp3) is 1.00. The van der Waals surface area contributed by atoms with Gasteiger partial charge in [-0.3, -0.25) is 0 Å². The third-order valence-corrected chi connectivity index (χ3v) is 7.05. The molecule has 1 unspecified atom stereocenters. The molecule has 1 heterocycles. The molecule has 0 amide bonds. The summed E-state index contributed by atoms with van der Waals surface area (Å²) < 4.78 is 16.7. The summed E-state index contributed by atoms with van der Waals surface area (Å²) in [5, 5.41) is 0. The monoisotopic (exact) mass is 289 g/mol. The number of unbranched alkanes of at least 4 members (excludes halogenated alkanes) is 3. The Balaban J connectivity index is 2.42. The first-order valence-corrected chi connectivity index (χ1v) is 9.54. The fourth-order valence-corrected chi connectivity index (χ4v) is 4.99. The van der Waals surface area contributed by atoms with Crippen molar-refractivity contribution in [3.63, 3.8) is 0 Å². The molecule has 1 saturated heterocycles. The van der Waals surface area contributed by atoms with Crippen molar-refractivity contribution in [2.75, 3.05) is 34.4 Å². The molecule has 0 aromatic heterocycles. The van der Waals surface area contributed by atoms with Crippen molar-refractivity contribution in [3.05, 3.63) is 0 Å². The van der Waals surface area contributed by atoms with E-state index in [1.54, 1.807) is 21.3 Å². The molecule has 0 aromatic rings. The first kappa shape index (κ1) is 17.1. The largest absolute Gasteiger partial charge is 0.501 e. The number of nitrogens with zero attached hydrogens (tertiary/aromatic N) is 1. The Morgan fingerprint density at radius 2 is 1.74 bits per heavy atom. The van der Waals surface area contributed by atoms with E-state index < -0.39 is 8.80 Å². The second kappa shape index (κ2) is 9.08. The molecule has 1 atom stereocenters. The summed E-state index contributed by atoms with van der Waals surface area (Å²) in [5.74, 6) is 0. The van der Waals surface area contributed by atoms with Crippen LogP contribution in [-0.4, -0.2) is 54.2 Å². The van der Waals surface area contributed by atoms with E-state index in [2.05, 4.69) is 11.8 Å². The highest BCUT2D eigenvalue weighted by molar-refractivity contribution is 6.60. The smallest absolute Gasteiger partial charge is 0.377 e. The van der Waals surface area contributed by atoms with E-state index in [-0.39, 0.29) is 0 Å². The average Bonchev–Trinajstić information content (AvgIpc) is 2.88. The van der Waals surface area contributed by atoms with Crippen LogP contribution in [0.5, 0.6) is 0 Å². The lowest BCUT2D eigenvalue weighted by Crippen LogP contribution is -2.48. The van der Waals surface area contributed by atoms with E-state index in [1.807, 2.05) is 0 Å². The first-order chi connectivity index (χ1) is 9.21. The third-order valence-electron chi connectivity index (χ3n) is 4.22. The van der Waals surface area contributed by atoms with Gasteiger partial charge >= 0.3 is 8.80 Å². The predicted molar refractivity (Wildman–Crippen MR) is 80.3 cm³/mol. The highest BCUT2D eigenvalue weighted by Crippen LogP contribution is 2.27. The van der Waals surface area contributed by atoms with Crippen LogP contribution in [0.4, 0.5) is 0 Å². The Hall–Kier alpha value is 0.0569. The van der Waals surface area contributed by atoms with Gasteiger partial charge in [0.25, 0.3) is 0 Å². The van der Waals surface area contributed by atoms with Crippen LogP contribution in [-0.2, 0) is 13.3 Å². The van der Waals surface area contributed by atoms with Crippen molar-refractivity contribution in [2.45, 2.75) is 57.5 Å². The Morgan fingerprint density at radius 1 is 1.05 bits per heavy atom. The number of rotatable bonds is 10. The molecular formula is C14H31NO3Si. The fourth-order valence-electron chi connectivity index (χ4n) is 2.95. The minimum absolute atomic E-state index is 0.577. The predicted octanol–water partition coefficient (Wildman–Crippen LogP) is 2.91. The lowest BCUT2D eigenvalue weighted by Gasteiger charge is -2.31. The van der Waals surface area contributed by atoms with Crippen molar-refractivity contribution in [1.82, 2.24) is 4.90 Å². The SMILES string of the molecule is CCCCCCN1CCCC1C[Si](OC)(OC)OC. The van der Waals surface area contributed by atoms with Gasteiger partial charge in [0.1, 0.15) is 0 Å². The van der Waals surface area contributed by atoms with Gasteiger partial charge in [-0.2, -0.15) is 0 Å². The zero-order chi connectivity index (χ0) is 14.1. The molecule has 1 aliphatic heterocycles. The molecule has 1 aliphatic rings. The molecule has 0 radical (unpaired) electrons. The van der Waals surface area contributed by atoms with Gasteiger partial charge in [-0.1, -0.05) is 26.2 Å². The normalized spacial score (nSPS) is 21.2. The zero-order valence-electron chi connectivity index (χ0n) is 13.1. The van der Waals surface area contributed by atoms with E-state index in [0.717, 1.165) is 6.04 Å². The van der Waals surface area contributed by atoms with Gasteiger partial charge in [0.2, 0.25) is 0 Å². The van der Waals surface area contributed by atoms with Crippen molar-refractivity contribution in [3.8, 4) is 0 Å². The van der Waals surface area contributed by atoms with Crippen LogP contribution in [0.1, 0.15) is 45.4 Å². The van der Waals surface area contributed by atoms with Gasteiger partial charge in [-0.05, 0) is 32.4 Å². The summed E-state index contributed by atoms with van der Waals surface area (Å²) in [6, 6.07) is 1.50. The van der Waals surface area contributed by atoms with Gasteiger partial charge in [-0.25, -0.2) is 0 Å². The molecule has 0 spiro atoms. The highest BCUT2D eigenvalue weighted by Gasteiger charge is 2.43. The van der Waals surface area contributed by atoms with Gasteiger partial charge in [0.15, 0.2) is 0 Å². The molecule has 0 aromatic carbocycles. The quantitative estimate of drug-likeness (QED) is 0.457. The third kappa shape index (κ3) is 5.15. The Labute approximate surface area is 119 Å². The van der Waals surface area contributed by atoms with Crippen LogP contribution >= 0.6 is 0 Å². The van der Waals surface area contributed by atoms with E-state index >= 15 is 0 Å². The molecule has 1 fully saturated rings. The lowest BCUT2D eigenvalue weighted by atomic mass is 10.2. The number of likely N-dealkylation sites (tertiary alicyclic amines) is 1. The number of hydrogen-bond acceptors (Lipinski definition) is 4. The molecule has 1 rings (SSSR count). The molecular weight excluding hydrogens is 258 g/mol. The molecule has 0 aliphatic carbocycles. The highest BCUT2D eigenvalue weighted by atomic mass is 28.4. The summed E-state index contributed by atoms with van der Waals surface area (Å²) in [6.07, 6.45) is 7.85. The maximum atomic E-state index is 5.56. The lowest BCUT2D eigenvalue weighted by molar-refractivity contribution is 0.112. The topological polar surface area (TPSA) is 30.9 Å². The number of hydrogen-bond donors (Lipinski definition) is 0. The first-order valence-electron chi connectivity index (χ1n) is 7.60. The standard InChI is InChI=1S/C14H31NO3Si/c1-5-6-7-8-11-15-12-9-10-14(15)13-19(16-2,17-3)18-4/h14H,5-13H2,1-4H3. The van der Waals surface area contributed by atoms with Crippen molar-refractivity contribution < 1.29 is 13.3 Å². The summed E-state index contributed by atoms with van der Waals surface area (Å²) >= 11 is 0. The van der Waals surface area contributed by atoms with Crippen molar-refractivity contribution in [1.29, 1.82) is 0 Å². The summed E-state index contributed by atoms with van der Waals surface area (Å²) in [6.45, 7) is 4.69. The molecule has 0 N–H and O–H groups in total. The second-order valence-corrected chi connectivity index (χ2v) is 8.39. The van der Waals surface area contributed by atoms with Crippen LogP contribution in [0.25, 0.3) is 0 Å². The molecule has 5 heteroatoms. The molecule has 0 saturated carbocycles. The molecule has 4 nitrogen and oxygen atoms in total. The average molecular weight is 289 g/mol. The van der Waals surface area contributed by atoms with Gasteiger partial charge in [0.05, 0.1) is 0 Å². The Kier molecular flexibility index (Phi) is 8.17. The van der Waals surface area contributed by atoms with E-state index in [9.17, 15) is 0 Å². The second-order valence-electron chi connectivity index (χ2n) is 5.39. The zero-order valence-corrected chi connectivity index (χ0v) is 14.1. The van der Waals surface area contributed by atoms with Crippen molar-refractivity contribution in [2.24, 2.45) is 0 Å². The van der Waals surface area contributed by atoms with E-state index in [4.69, 9.17) is 13.3 Å². The Morgan fingerprint density at radius 3 is 2.32 bits per heavy atom. The molecule has 114 valence electrons. The maximum Gasteiger partial charge on any atom is 0.501 e. The van der Waals surface area contributed by atoms with E-state index in [0.29, 0.717) is 6.04 Å². The van der Waals surface area contributed by atoms with Gasteiger partial charge in [-0.15, -0.1) is 0 Å². The van der Waals surface area contributed by atoms with Gasteiger partial charge in [0, 0.05) is 33.4 Å². The van der Waals surface area contributed by atoms with Gasteiger partial charge < -0.3 is 18.2 Å². The van der Waals surface area contributed by atoms with Crippen LogP contribution in [0.2, 0.25) is 6.04 Å². The van der Waals surface area contributed by atoms with Crippen LogP contribution < -0.4 is 0 Å². The maximum absolute atomic E-state index is 5.56. The molecule has 19 heavy (non-hydrogen) atoms. The summed E-state index contributed by atoms with van der Waals surface area (Å²) in [4.78, 5) is 2.61. The Bertz CT molecular complexity index is 228. The van der Waals surface area contributed by atoms with E-state index in [1.165, 1.54) is 51.6 Å². The van der Waals surface area contributed by atoms with Crippen molar-refractivity contribution >= 4 is 8.80 Å². The van der Waals surface area contributed by atoms with Crippen LogP contribution in [0.15, 0.2) is 0 Å². The van der Waals surface area contributed by atoms with Crippen LogP contribution in [0.3, 0.4) is 0 Å². The summed E-state index contributed by atoms with van der Waals surface area (Å²) in [7, 11) is 2.70.